The van der Waals surface area contributed by atoms with Crippen molar-refractivity contribution in [3.63, 3.8) is 0 Å². The lowest BCUT2D eigenvalue weighted by Gasteiger charge is -2.13. The molecule has 2 rings (SSSR count). The lowest BCUT2D eigenvalue weighted by molar-refractivity contribution is -0.134. The first-order valence-corrected chi connectivity index (χ1v) is 8.78. The summed E-state index contributed by atoms with van der Waals surface area (Å²) in [6.45, 7) is 3.10. The van der Waals surface area contributed by atoms with E-state index in [1.165, 1.54) is 20.1 Å². The number of pyridine rings is 1. The lowest BCUT2D eigenvalue weighted by Crippen LogP contribution is -2.16. The zero-order chi connectivity index (χ0) is 21.2. The van der Waals surface area contributed by atoms with Crippen LogP contribution in [0.4, 0.5) is 27.8 Å². The summed E-state index contributed by atoms with van der Waals surface area (Å²) in [5.74, 6) is -1.04. The molecule has 0 radical (unpaired) electrons. The number of azo groups is 1. The summed E-state index contributed by atoms with van der Waals surface area (Å²) in [7, 11) is 1.19. The first-order valence-electron chi connectivity index (χ1n) is 8.78. The molecule has 10 nitrogen and oxygen atoms in total. The van der Waals surface area contributed by atoms with Crippen LogP contribution in [0.1, 0.15) is 26.7 Å². The van der Waals surface area contributed by atoms with E-state index in [-0.39, 0.29) is 29.5 Å². The number of carbonyl (C=O) groups is 3. The van der Waals surface area contributed by atoms with Gasteiger partial charge in [-0.25, -0.2) is 9.78 Å². The van der Waals surface area contributed by atoms with Gasteiger partial charge >= 0.3 is 12.1 Å². The molecule has 152 valence electrons. The molecule has 0 aliphatic carbocycles. The van der Waals surface area contributed by atoms with Crippen LogP contribution < -0.4 is 15.4 Å². The third-order valence-electron chi connectivity index (χ3n) is 3.38. The van der Waals surface area contributed by atoms with Crippen LogP contribution in [0.2, 0.25) is 0 Å². The Kier molecular flexibility index (Phi) is 7.78. The lowest BCUT2D eigenvalue weighted by atomic mass is 10.3. The number of methoxy groups -OCH3 is 1. The molecule has 1 heterocycles. The molecule has 2 N–H and O–H groups in total. The Morgan fingerprint density at radius 3 is 2.41 bits per heavy atom. The maximum absolute atomic E-state index is 11.9. The molecule has 2 aromatic rings. The quantitative estimate of drug-likeness (QED) is 0.526. The number of hydrogen-bond acceptors (Lipinski definition) is 8. The molecule has 0 atom stereocenters. The van der Waals surface area contributed by atoms with Gasteiger partial charge in [0.1, 0.15) is 5.69 Å². The number of rotatable bonds is 7. The SMILES string of the molecule is CCCC(=O)Oc1cc(/N=N/c2ccccc2)c(NC(=O)OC)nc1NC(C)=O. The van der Waals surface area contributed by atoms with E-state index in [0.717, 1.165) is 0 Å². The van der Waals surface area contributed by atoms with Gasteiger partial charge in [-0.2, -0.15) is 5.11 Å². The summed E-state index contributed by atoms with van der Waals surface area (Å²) in [5.41, 5.74) is 0.666. The largest absolute Gasteiger partial charge is 0.453 e. The molecule has 0 unspecified atom stereocenters. The van der Waals surface area contributed by atoms with Crippen molar-refractivity contribution < 1.29 is 23.9 Å². The Morgan fingerprint density at radius 2 is 1.79 bits per heavy atom. The van der Waals surface area contributed by atoms with Gasteiger partial charge in [-0.05, 0) is 18.6 Å². The number of ether oxygens (including phenoxy) is 2. The Labute approximate surface area is 167 Å². The molecule has 1 aromatic carbocycles. The van der Waals surface area contributed by atoms with Crippen molar-refractivity contribution in [2.75, 3.05) is 17.7 Å². The van der Waals surface area contributed by atoms with Crippen molar-refractivity contribution in [3.8, 4) is 5.75 Å². The van der Waals surface area contributed by atoms with Gasteiger partial charge < -0.3 is 14.8 Å². The Morgan fingerprint density at radius 1 is 1.07 bits per heavy atom. The number of aromatic nitrogens is 1. The molecule has 0 saturated heterocycles. The molecule has 0 bridgehead atoms. The monoisotopic (exact) mass is 399 g/mol. The summed E-state index contributed by atoms with van der Waals surface area (Å²) >= 11 is 0. The highest BCUT2D eigenvalue weighted by molar-refractivity contribution is 5.93. The maximum atomic E-state index is 11.9. The van der Waals surface area contributed by atoms with E-state index < -0.39 is 18.0 Å². The second-order valence-electron chi connectivity index (χ2n) is 5.76. The number of benzene rings is 1. The Balaban J connectivity index is 2.50. The van der Waals surface area contributed by atoms with E-state index in [0.29, 0.717) is 12.1 Å². The summed E-state index contributed by atoms with van der Waals surface area (Å²) in [6.07, 6.45) is -0.0227. The van der Waals surface area contributed by atoms with Gasteiger partial charge in [0.2, 0.25) is 5.91 Å². The first-order chi connectivity index (χ1) is 13.9. The van der Waals surface area contributed by atoms with Crippen LogP contribution in [0.5, 0.6) is 5.75 Å². The molecule has 2 amide bonds. The van der Waals surface area contributed by atoms with Gasteiger partial charge in [0.25, 0.3) is 0 Å². The third-order valence-corrected chi connectivity index (χ3v) is 3.38. The fourth-order valence-electron chi connectivity index (χ4n) is 2.12. The van der Waals surface area contributed by atoms with E-state index in [1.54, 1.807) is 24.3 Å². The summed E-state index contributed by atoms with van der Waals surface area (Å²) in [6, 6.07) is 10.2. The van der Waals surface area contributed by atoms with Gasteiger partial charge in [-0.15, -0.1) is 5.11 Å². The maximum Gasteiger partial charge on any atom is 0.412 e. The van der Waals surface area contributed by atoms with Crippen LogP contribution in [-0.4, -0.2) is 30.1 Å². The van der Waals surface area contributed by atoms with Gasteiger partial charge in [-0.3, -0.25) is 14.9 Å². The predicted octanol–water partition coefficient (Wildman–Crippen LogP) is 4.34. The Bertz CT molecular complexity index is 915. The molecular weight excluding hydrogens is 378 g/mol. The van der Waals surface area contributed by atoms with Crippen LogP contribution >= 0.6 is 0 Å². The zero-order valence-corrected chi connectivity index (χ0v) is 16.3. The highest BCUT2D eigenvalue weighted by atomic mass is 16.5. The van der Waals surface area contributed by atoms with E-state index in [1.807, 2.05) is 13.0 Å². The van der Waals surface area contributed by atoms with Crippen LogP contribution in [0.3, 0.4) is 0 Å². The number of nitrogens with one attached hydrogen (secondary N) is 2. The van der Waals surface area contributed by atoms with Crippen LogP contribution in [0.25, 0.3) is 0 Å². The summed E-state index contributed by atoms with van der Waals surface area (Å²) in [4.78, 5) is 39.3. The summed E-state index contributed by atoms with van der Waals surface area (Å²) in [5, 5.41) is 13.0. The van der Waals surface area contributed by atoms with Crippen molar-refractivity contribution in [2.24, 2.45) is 10.2 Å². The molecule has 0 aliphatic rings. The van der Waals surface area contributed by atoms with E-state index in [2.05, 4.69) is 30.6 Å². The van der Waals surface area contributed by atoms with Crippen LogP contribution in [0.15, 0.2) is 46.6 Å². The number of esters is 1. The fraction of sp³-hybridized carbons (Fsp3) is 0.263. The Hall–Kier alpha value is -3.82. The smallest absolute Gasteiger partial charge is 0.412 e. The van der Waals surface area contributed by atoms with E-state index >= 15 is 0 Å². The zero-order valence-electron chi connectivity index (χ0n) is 16.3. The van der Waals surface area contributed by atoms with Crippen molar-refractivity contribution >= 4 is 41.0 Å². The normalized spacial score (nSPS) is 10.4. The number of anilines is 2. The standard InChI is InChI=1S/C19H21N5O5/c1-4-8-16(26)29-15-11-14(24-23-13-9-6-5-7-10-13)17(22-19(27)28-3)21-18(15)20-12(2)25/h5-7,9-11H,4,8H2,1-3H3,(H2,20,21,22,25,27)/b24-23+. The topological polar surface area (TPSA) is 131 Å². The second kappa shape index (κ2) is 10.5. The molecule has 29 heavy (non-hydrogen) atoms. The number of nitrogens with zero attached hydrogens (tertiary/aromatic N) is 3. The molecule has 10 heteroatoms. The molecule has 1 aromatic heterocycles. The fourth-order valence-corrected chi connectivity index (χ4v) is 2.12. The average Bonchev–Trinajstić information content (AvgIpc) is 2.69. The minimum absolute atomic E-state index is 0.0175. The molecule has 0 saturated carbocycles. The van der Waals surface area contributed by atoms with Crippen molar-refractivity contribution in [1.82, 2.24) is 4.98 Å². The van der Waals surface area contributed by atoms with Crippen LogP contribution in [-0.2, 0) is 14.3 Å². The molecule has 0 fully saturated rings. The van der Waals surface area contributed by atoms with Gasteiger partial charge in [0, 0.05) is 19.4 Å². The van der Waals surface area contributed by atoms with Gasteiger partial charge in [-0.1, -0.05) is 25.1 Å². The predicted molar refractivity (Wildman–Crippen MR) is 106 cm³/mol. The van der Waals surface area contributed by atoms with Gasteiger partial charge in [0.15, 0.2) is 17.4 Å². The number of carbonyl (C=O) groups excluding carboxylic acids is 3. The van der Waals surface area contributed by atoms with Crippen molar-refractivity contribution in [3.05, 3.63) is 36.4 Å². The average molecular weight is 399 g/mol. The highest BCUT2D eigenvalue weighted by Crippen LogP contribution is 2.35. The van der Waals surface area contributed by atoms with Crippen LogP contribution in [0, 0.1) is 0 Å². The van der Waals surface area contributed by atoms with Crippen molar-refractivity contribution in [2.45, 2.75) is 26.7 Å². The molecule has 0 spiro atoms. The minimum Gasteiger partial charge on any atom is -0.453 e. The van der Waals surface area contributed by atoms with Gasteiger partial charge in [0.05, 0.1) is 12.8 Å². The second-order valence-corrected chi connectivity index (χ2v) is 5.76. The van der Waals surface area contributed by atoms with Crippen molar-refractivity contribution in [1.29, 1.82) is 0 Å². The number of amides is 2. The van der Waals surface area contributed by atoms with E-state index in [4.69, 9.17) is 4.74 Å². The van der Waals surface area contributed by atoms with E-state index in [9.17, 15) is 14.4 Å². The molecule has 0 aliphatic heterocycles. The highest BCUT2D eigenvalue weighted by Gasteiger charge is 2.18. The first kappa shape index (κ1) is 21.5. The molecular formula is C19H21N5O5. The minimum atomic E-state index is -0.793. The summed E-state index contributed by atoms with van der Waals surface area (Å²) < 4.78 is 9.89. The third kappa shape index (κ3) is 6.69. The number of hydrogen-bond donors (Lipinski definition) is 2.